The zero-order valence-corrected chi connectivity index (χ0v) is 8.41. The lowest BCUT2D eigenvalue weighted by Crippen LogP contribution is -2.39. The highest BCUT2D eigenvalue weighted by Crippen LogP contribution is 2.52. The number of rotatable bonds is 1. The maximum absolute atomic E-state index is 11.7. The van der Waals surface area contributed by atoms with Gasteiger partial charge in [-0.2, -0.15) is 0 Å². The smallest absolute Gasteiger partial charge is 0.324 e. The van der Waals surface area contributed by atoms with E-state index in [1.54, 1.807) is 0 Å². The summed E-state index contributed by atoms with van der Waals surface area (Å²) in [5.41, 5.74) is -0.978. The molecule has 2 rings (SSSR count). The van der Waals surface area contributed by atoms with Gasteiger partial charge in [0, 0.05) is 5.92 Å². The zero-order chi connectivity index (χ0) is 10.3. The van der Waals surface area contributed by atoms with Gasteiger partial charge < -0.3 is 9.47 Å². The second kappa shape index (κ2) is 2.97. The van der Waals surface area contributed by atoms with Gasteiger partial charge >= 0.3 is 11.9 Å². The van der Waals surface area contributed by atoms with Crippen molar-refractivity contribution in [1.29, 1.82) is 0 Å². The van der Waals surface area contributed by atoms with Crippen LogP contribution in [0.1, 0.15) is 26.2 Å². The van der Waals surface area contributed by atoms with E-state index in [0.717, 1.165) is 12.8 Å². The van der Waals surface area contributed by atoms with Crippen molar-refractivity contribution in [3.8, 4) is 0 Å². The first kappa shape index (κ1) is 9.49. The van der Waals surface area contributed by atoms with Crippen LogP contribution in [0.3, 0.4) is 0 Å². The monoisotopic (exact) mass is 198 g/mol. The van der Waals surface area contributed by atoms with Crippen LogP contribution in [0.2, 0.25) is 0 Å². The summed E-state index contributed by atoms with van der Waals surface area (Å²) in [6.45, 7) is 1.85. The molecule has 1 aliphatic heterocycles. The topological polar surface area (TPSA) is 52.6 Å². The molecule has 4 heteroatoms. The van der Waals surface area contributed by atoms with Crippen molar-refractivity contribution < 1.29 is 19.1 Å². The molecule has 0 bridgehead atoms. The highest BCUT2D eigenvalue weighted by molar-refractivity contribution is 6.02. The van der Waals surface area contributed by atoms with E-state index >= 15 is 0 Å². The third-order valence-corrected chi connectivity index (χ3v) is 3.49. The molecule has 3 atom stereocenters. The number of carbonyl (C=O) groups is 2. The molecular formula is C10H14O4. The highest BCUT2D eigenvalue weighted by atomic mass is 16.6. The molecule has 0 amide bonds. The van der Waals surface area contributed by atoms with Gasteiger partial charge in [0.1, 0.15) is 6.10 Å². The number of fused-ring (bicyclic) bond motifs is 1. The molecule has 14 heavy (non-hydrogen) atoms. The number of esters is 2. The molecule has 0 aromatic heterocycles. The van der Waals surface area contributed by atoms with E-state index in [1.807, 2.05) is 6.92 Å². The quantitative estimate of drug-likeness (QED) is 0.464. The van der Waals surface area contributed by atoms with Gasteiger partial charge in [0.05, 0.1) is 7.11 Å². The lowest BCUT2D eigenvalue weighted by molar-refractivity contribution is -0.163. The van der Waals surface area contributed by atoms with E-state index in [1.165, 1.54) is 7.11 Å². The second-order valence-electron chi connectivity index (χ2n) is 4.07. The molecule has 0 aromatic rings. The number of methoxy groups -OCH3 is 1. The van der Waals surface area contributed by atoms with Crippen LogP contribution in [0.4, 0.5) is 0 Å². The summed E-state index contributed by atoms with van der Waals surface area (Å²) in [6, 6.07) is 0. The van der Waals surface area contributed by atoms with Crippen LogP contribution in [0.25, 0.3) is 0 Å². The van der Waals surface area contributed by atoms with Gasteiger partial charge in [-0.05, 0) is 19.8 Å². The Morgan fingerprint density at radius 1 is 1.64 bits per heavy atom. The molecule has 1 aliphatic carbocycles. The fraction of sp³-hybridized carbons (Fsp3) is 0.800. The van der Waals surface area contributed by atoms with Gasteiger partial charge in [-0.3, -0.25) is 9.59 Å². The highest BCUT2D eigenvalue weighted by Gasteiger charge is 2.63. The van der Waals surface area contributed by atoms with Gasteiger partial charge in [0.25, 0.3) is 0 Å². The summed E-state index contributed by atoms with van der Waals surface area (Å²) in [6.07, 6.45) is 2.21. The number of cyclic esters (lactones) is 1. The molecule has 1 saturated heterocycles. The normalized spacial score (nSPS) is 40.6. The largest absolute Gasteiger partial charge is 0.468 e. The van der Waals surface area contributed by atoms with Crippen molar-refractivity contribution in [3.63, 3.8) is 0 Å². The van der Waals surface area contributed by atoms with Crippen molar-refractivity contribution in [3.05, 3.63) is 0 Å². The lowest BCUT2D eigenvalue weighted by Gasteiger charge is -2.21. The van der Waals surface area contributed by atoms with E-state index in [0.29, 0.717) is 6.42 Å². The molecule has 4 nitrogen and oxygen atoms in total. The average molecular weight is 198 g/mol. The minimum absolute atomic E-state index is 0.0162. The maximum Gasteiger partial charge on any atom is 0.324 e. The Morgan fingerprint density at radius 3 is 3.00 bits per heavy atom. The van der Waals surface area contributed by atoms with Gasteiger partial charge in [-0.25, -0.2) is 0 Å². The fourth-order valence-corrected chi connectivity index (χ4v) is 2.80. The molecule has 0 N–H and O–H groups in total. The van der Waals surface area contributed by atoms with Crippen molar-refractivity contribution in [2.45, 2.75) is 32.3 Å². The first-order valence-corrected chi connectivity index (χ1v) is 4.92. The average Bonchev–Trinajstić information content (AvgIpc) is 2.68. The standard InChI is InChI=1S/C10H14O4/c1-6-7-4-3-5-10(7,8(11)13-2)9(12)14-6/h6-7H,3-5H2,1-2H3/t6-,7?,10-/m0/s1. The van der Waals surface area contributed by atoms with Gasteiger partial charge in [0.15, 0.2) is 5.41 Å². The van der Waals surface area contributed by atoms with Crippen molar-refractivity contribution in [2.75, 3.05) is 7.11 Å². The van der Waals surface area contributed by atoms with Gasteiger partial charge in [-0.1, -0.05) is 6.42 Å². The van der Waals surface area contributed by atoms with Crippen LogP contribution in [0.15, 0.2) is 0 Å². The number of ether oxygens (including phenoxy) is 2. The SMILES string of the molecule is COC(=O)[C@]12CCCC1[C@H](C)OC2=O. The molecule has 78 valence electrons. The minimum Gasteiger partial charge on any atom is -0.468 e. The molecule has 2 aliphatic rings. The third-order valence-electron chi connectivity index (χ3n) is 3.49. The van der Waals surface area contributed by atoms with Crippen LogP contribution < -0.4 is 0 Å². The Hall–Kier alpha value is -1.06. The summed E-state index contributed by atoms with van der Waals surface area (Å²) in [5.74, 6) is -0.795. The van der Waals surface area contributed by atoms with Crippen LogP contribution in [-0.4, -0.2) is 25.2 Å². The first-order valence-electron chi connectivity index (χ1n) is 4.92. The summed E-state index contributed by atoms with van der Waals surface area (Å²) in [7, 11) is 1.32. The number of carbonyl (C=O) groups excluding carboxylic acids is 2. The first-order chi connectivity index (χ1) is 6.63. The summed E-state index contributed by atoms with van der Waals surface area (Å²) in [5, 5.41) is 0. The third kappa shape index (κ3) is 0.938. The Morgan fingerprint density at radius 2 is 2.36 bits per heavy atom. The molecule has 0 radical (unpaired) electrons. The van der Waals surface area contributed by atoms with E-state index in [-0.39, 0.29) is 18.0 Å². The Labute approximate surface area is 82.6 Å². The number of hydrogen-bond acceptors (Lipinski definition) is 4. The summed E-state index contributed by atoms with van der Waals surface area (Å²) in [4.78, 5) is 23.3. The molecular weight excluding hydrogens is 184 g/mol. The predicted molar refractivity (Wildman–Crippen MR) is 47.3 cm³/mol. The Kier molecular flexibility index (Phi) is 2.01. The zero-order valence-electron chi connectivity index (χ0n) is 8.41. The Balaban J connectivity index is 2.38. The van der Waals surface area contributed by atoms with Crippen LogP contribution in [0.5, 0.6) is 0 Å². The van der Waals surface area contributed by atoms with Crippen LogP contribution in [-0.2, 0) is 19.1 Å². The second-order valence-corrected chi connectivity index (χ2v) is 4.07. The molecule has 1 heterocycles. The molecule has 0 aromatic carbocycles. The van der Waals surface area contributed by atoms with E-state index in [9.17, 15) is 9.59 Å². The molecule has 1 saturated carbocycles. The van der Waals surface area contributed by atoms with E-state index < -0.39 is 11.4 Å². The molecule has 0 spiro atoms. The Bertz CT molecular complexity index is 276. The maximum atomic E-state index is 11.7. The van der Waals surface area contributed by atoms with Crippen molar-refractivity contribution >= 4 is 11.9 Å². The van der Waals surface area contributed by atoms with Crippen LogP contribution in [0, 0.1) is 11.3 Å². The fourth-order valence-electron chi connectivity index (χ4n) is 2.80. The molecule has 2 fully saturated rings. The van der Waals surface area contributed by atoms with Crippen molar-refractivity contribution in [1.82, 2.24) is 0 Å². The van der Waals surface area contributed by atoms with Crippen LogP contribution >= 0.6 is 0 Å². The van der Waals surface area contributed by atoms with Crippen molar-refractivity contribution in [2.24, 2.45) is 11.3 Å². The minimum atomic E-state index is -0.978. The van der Waals surface area contributed by atoms with Gasteiger partial charge in [0.2, 0.25) is 0 Å². The van der Waals surface area contributed by atoms with E-state index in [4.69, 9.17) is 9.47 Å². The van der Waals surface area contributed by atoms with Gasteiger partial charge in [-0.15, -0.1) is 0 Å². The number of hydrogen-bond donors (Lipinski definition) is 0. The summed E-state index contributed by atoms with van der Waals surface area (Å²) >= 11 is 0. The lowest BCUT2D eigenvalue weighted by atomic mass is 9.78. The molecule has 1 unspecified atom stereocenters. The summed E-state index contributed by atoms with van der Waals surface area (Å²) < 4.78 is 9.83. The predicted octanol–water partition coefficient (Wildman–Crippen LogP) is 0.891. The van der Waals surface area contributed by atoms with E-state index in [2.05, 4.69) is 0 Å².